The minimum Gasteiger partial charge on any atom is -0.382 e. The summed E-state index contributed by atoms with van der Waals surface area (Å²) >= 11 is 1.69. The monoisotopic (exact) mass is 337 g/mol. The Morgan fingerprint density at radius 1 is 1.39 bits per heavy atom. The first-order valence-corrected chi connectivity index (χ1v) is 9.37. The molecule has 0 aromatic carbocycles. The Morgan fingerprint density at radius 2 is 2.17 bits per heavy atom. The van der Waals surface area contributed by atoms with Crippen LogP contribution < -0.4 is 10.6 Å². The quantitative estimate of drug-likeness (QED) is 0.467. The van der Waals surface area contributed by atoms with Crippen LogP contribution in [0, 0.1) is 5.41 Å². The maximum Gasteiger partial charge on any atom is 0.191 e. The van der Waals surface area contributed by atoms with E-state index in [9.17, 15) is 0 Å². The lowest BCUT2D eigenvalue weighted by molar-refractivity contribution is 0.129. The van der Waals surface area contributed by atoms with Crippen LogP contribution in [-0.4, -0.2) is 61.8 Å². The predicted octanol–water partition coefficient (Wildman–Crippen LogP) is 1.79. The zero-order chi connectivity index (χ0) is 16.1. The van der Waals surface area contributed by atoms with E-state index in [1.807, 2.05) is 18.5 Å². The average molecular weight is 337 g/mol. The molecule has 1 aromatic rings. The third-order valence-corrected chi connectivity index (χ3v) is 5.64. The van der Waals surface area contributed by atoms with Crippen molar-refractivity contribution >= 4 is 22.4 Å². The molecule has 2 N–H and O–H groups in total. The molecule has 2 fully saturated rings. The van der Waals surface area contributed by atoms with Crippen molar-refractivity contribution in [1.29, 1.82) is 0 Å². The summed E-state index contributed by atoms with van der Waals surface area (Å²) in [6.07, 6.45) is 5.48. The molecule has 7 heteroatoms. The van der Waals surface area contributed by atoms with Gasteiger partial charge in [0.15, 0.2) is 11.1 Å². The van der Waals surface area contributed by atoms with E-state index in [1.54, 1.807) is 11.3 Å². The van der Waals surface area contributed by atoms with Gasteiger partial charge >= 0.3 is 0 Å². The first-order chi connectivity index (χ1) is 11.2. The predicted molar refractivity (Wildman–Crippen MR) is 95.2 cm³/mol. The van der Waals surface area contributed by atoms with Crippen molar-refractivity contribution in [3.63, 3.8) is 0 Å². The lowest BCUT2D eigenvalue weighted by Gasteiger charge is -2.35. The van der Waals surface area contributed by atoms with Crippen LogP contribution in [0.4, 0.5) is 5.13 Å². The number of ether oxygens (including phenoxy) is 1. The summed E-state index contributed by atoms with van der Waals surface area (Å²) in [4.78, 5) is 13.6. The zero-order valence-electron chi connectivity index (χ0n) is 13.9. The smallest absolute Gasteiger partial charge is 0.191 e. The van der Waals surface area contributed by atoms with Crippen LogP contribution in [0.1, 0.15) is 26.2 Å². The molecule has 1 aliphatic carbocycles. The lowest BCUT2D eigenvalue weighted by Crippen LogP contribution is -2.51. The fourth-order valence-corrected chi connectivity index (χ4v) is 3.64. The van der Waals surface area contributed by atoms with Crippen LogP contribution in [0.5, 0.6) is 0 Å². The first kappa shape index (κ1) is 16.5. The molecule has 3 rings (SSSR count). The molecule has 0 atom stereocenters. The van der Waals surface area contributed by atoms with Crippen LogP contribution in [0.25, 0.3) is 0 Å². The molecule has 2 heterocycles. The maximum atomic E-state index is 6.22. The van der Waals surface area contributed by atoms with Gasteiger partial charge in [-0.2, -0.15) is 0 Å². The summed E-state index contributed by atoms with van der Waals surface area (Å²) in [7, 11) is 0. The summed E-state index contributed by atoms with van der Waals surface area (Å²) in [5, 5.41) is 3.13. The van der Waals surface area contributed by atoms with Gasteiger partial charge in [0.1, 0.15) is 0 Å². The van der Waals surface area contributed by atoms with Crippen molar-refractivity contribution in [2.45, 2.75) is 26.2 Å². The minimum absolute atomic E-state index is 0.364. The molecular weight excluding hydrogens is 310 g/mol. The Morgan fingerprint density at radius 3 is 2.78 bits per heavy atom. The van der Waals surface area contributed by atoms with E-state index in [0.29, 0.717) is 11.4 Å². The molecule has 0 radical (unpaired) electrons. The summed E-state index contributed by atoms with van der Waals surface area (Å²) in [6.45, 7) is 8.28. The van der Waals surface area contributed by atoms with E-state index >= 15 is 0 Å². The molecule has 1 saturated heterocycles. The molecule has 6 nitrogen and oxygen atoms in total. The van der Waals surface area contributed by atoms with Gasteiger partial charge in [-0.3, -0.25) is 4.99 Å². The summed E-state index contributed by atoms with van der Waals surface area (Å²) < 4.78 is 5.48. The number of aromatic nitrogens is 1. The van der Waals surface area contributed by atoms with Crippen molar-refractivity contribution < 1.29 is 4.74 Å². The normalized spacial score (nSPS) is 20.8. The first-order valence-electron chi connectivity index (χ1n) is 8.49. The molecular formula is C16H27N5OS. The molecule has 2 aliphatic rings. The largest absolute Gasteiger partial charge is 0.382 e. The molecule has 0 unspecified atom stereocenters. The Kier molecular flexibility index (Phi) is 5.38. The van der Waals surface area contributed by atoms with E-state index < -0.39 is 0 Å². The highest BCUT2D eigenvalue weighted by Crippen LogP contribution is 2.49. The summed E-state index contributed by atoms with van der Waals surface area (Å²) in [6, 6.07) is 0. The van der Waals surface area contributed by atoms with Gasteiger partial charge in [0.2, 0.25) is 0 Å². The van der Waals surface area contributed by atoms with Gasteiger partial charge in [-0.05, 0) is 31.6 Å². The number of anilines is 1. The van der Waals surface area contributed by atoms with E-state index in [1.165, 1.54) is 12.8 Å². The average Bonchev–Trinajstić information content (AvgIpc) is 3.13. The highest BCUT2D eigenvalue weighted by molar-refractivity contribution is 7.13. The summed E-state index contributed by atoms with van der Waals surface area (Å²) in [5.74, 6) is 0.700. The van der Waals surface area contributed by atoms with Crippen LogP contribution in [0.2, 0.25) is 0 Å². The van der Waals surface area contributed by atoms with E-state index in [2.05, 4.69) is 19.8 Å². The van der Waals surface area contributed by atoms with E-state index in [4.69, 9.17) is 10.5 Å². The second-order valence-corrected chi connectivity index (χ2v) is 7.28. The van der Waals surface area contributed by atoms with Crippen LogP contribution >= 0.6 is 11.3 Å². The van der Waals surface area contributed by atoms with Crippen LogP contribution in [-0.2, 0) is 4.74 Å². The standard InChI is InChI=1S/C16H27N5OS/c1-2-22-11-5-16(3-4-16)13-19-14(17)20-7-9-21(10-8-20)15-18-6-12-23-15/h6,12H,2-5,7-11,13H2,1H3,(H2,17,19). The number of piperazine rings is 1. The lowest BCUT2D eigenvalue weighted by atomic mass is 10.0. The minimum atomic E-state index is 0.364. The zero-order valence-corrected chi connectivity index (χ0v) is 14.7. The number of guanidine groups is 1. The maximum absolute atomic E-state index is 6.22. The molecule has 0 spiro atoms. The number of hydrogen-bond acceptors (Lipinski definition) is 5. The van der Waals surface area contributed by atoms with Gasteiger partial charge in [0.25, 0.3) is 0 Å². The van der Waals surface area contributed by atoms with Crippen molar-refractivity contribution in [2.24, 2.45) is 16.1 Å². The molecule has 23 heavy (non-hydrogen) atoms. The van der Waals surface area contributed by atoms with Gasteiger partial charge in [0.05, 0.1) is 0 Å². The van der Waals surface area contributed by atoms with E-state index in [-0.39, 0.29) is 0 Å². The number of nitrogens with zero attached hydrogens (tertiary/aromatic N) is 4. The Balaban J connectivity index is 1.44. The molecule has 0 amide bonds. The molecule has 128 valence electrons. The molecule has 1 saturated carbocycles. The molecule has 1 aromatic heterocycles. The second kappa shape index (κ2) is 7.49. The highest BCUT2D eigenvalue weighted by Gasteiger charge is 2.42. The van der Waals surface area contributed by atoms with Gasteiger partial charge in [-0.15, -0.1) is 11.3 Å². The van der Waals surface area contributed by atoms with Gasteiger partial charge in [-0.25, -0.2) is 4.98 Å². The van der Waals surface area contributed by atoms with Gasteiger partial charge in [0, 0.05) is 57.5 Å². The number of thiazole rings is 1. The second-order valence-electron chi connectivity index (χ2n) is 6.41. The molecule has 0 bridgehead atoms. The fourth-order valence-electron chi connectivity index (χ4n) is 2.94. The van der Waals surface area contributed by atoms with Crippen molar-refractivity contribution in [2.75, 3.05) is 50.8 Å². The number of nitrogens with two attached hydrogens (primary N) is 1. The Hall–Kier alpha value is -1.34. The van der Waals surface area contributed by atoms with Crippen molar-refractivity contribution in [3.05, 3.63) is 11.6 Å². The van der Waals surface area contributed by atoms with Gasteiger partial charge < -0.3 is 20.3 Å². The topological polar surface area (TPSA) is 67.0 Å². The number of rotatable bonds is 7. The highest BCUT2D eigenvalue weighted by atomic mass is 32.1. The number of hydrogen-bond donors (Lipinski definition) is 1. The Labute approximate surface area is 142 Å². The van der Waals surface area contributed by atoms with Crippen molar-refractivity contribution in [3.8, 4) is 0 Å². The summed E-state index contributed by atoms with van der Waals surface area (Å²) in [5.41, 5.74) is 6.58. The third-order valence-electron chi connectivity index (χ3n) is 4.81. The Bertz CT molecular complexity index is 507. The molecule has 1 aliphatic heterocycles. The van der Waals surface area contributed by atoms with Crippen LogP contribution in [0.3, 0.4) is 0 Å². The fraction of sp³-hybridized carbons (Fsp3) is 0.750. The van der Waals surface area contributed by atoms with Gasteiger partial charge in [-0.1, -0.05) is 0 Å². The van der Waals surface area contributed by atoms with Crippen molar-refractivity contribution in [1.82, 2.24) is 9.88 Å². The SMILES string of the molecule is CCOCCC1(CN=C(N)N2CCN(c3nccs3)CC2)CC1. The number of aliphatic imine (C=N–C) groups is 1. The third kappa shape index (κ3) is 4.35. The van der Waals surface area contributed by atoms with E-state index in [0.717, 1.165) is 57.5 Å². The van der Waals surface area contributed by atoms with Crippen LogP contribution in [0.15, 0.2) is 16.6 Å².